The van der Waals surface area contributed by atoms with E-state index in [1.165, 1.54) is 51.4 Å². The third-order valence-corrected chi connectivity index (χ3v) is 5.40. The predicted octanol–water partition coefficient (Wildman–Crippen LogP) is 5.95. The molecule has 0 amide bonds. The van der Waals surface area contributed by atoms with Gasteiger partial charge in [0.05, 0.1) is 0 Å². The van der Waals surface area contributed by atoms with Crippen LogP contribution in [0.4, 0.5) is 0 Å². The van der Waals surface area contributed by atoms with Crippen molar-refractivity contribution in [3.63, 3.8) is 0 Å². The van der Waals surface area contributed by atoms with E-state index in [1.54, 1.807) is 32.0 Å². The van der Waals surface area contributed by atoms with Crippen molar-refractivity contribution in [3.8, 4) is 0 Å². The summed E-state index contributed by atoms with van der Waals surface area (Å²) in [5.74, 6) is 2.25. The van der Waals surface area contributed by atoms with Crippen molar-refractivity contribution in [3.05, 3.63) is 0 Å². The smallest absolute Gasteiger partial charge is 0.0737 e. The first-order valence-corrected chi connectivity index (χ1v) is 8.42. The lowest BCUT2D eigenvalue weighted by Gasteiger charge is -2.26. The molecule has 0 N–H and O–H groups in total. The largest absolute Gasteiger partial charge is 0.146 e. The molecule has 0 aromatic rings. The standard InChI is InChI=1S/C16H31B/c1-2-3-4-9-14-17(15-10-5-6-11-15)16-12-7-8-13-16/h15-16H,2-14H2,1H3. The maximum absolute atomic E-state index is 2.32. The van der Waals surface area contributed by atoms with Crippen molar-refractivity contribution < 1.29 is 0 Å². The van der Waals surface area contributed by atoms with Gasteiger partial charge in [-0.25, -0.2) is 0 Å². The van der Waals surface area contributed by atoms with Gasteiger partial charge in [-0.05, 0) is 0 Å². The van der Waals surface area contributed by atoms with Crippen LogP contribution in [0.2, 0.25) is 18.0 Å². The van der Waals surface area contributed by atoms with Gasteiger partial charge in [-0.2, -0.15) is 0 Å². The van der Waals surface area contributed by atoms with Crippen molar-refractivity contribution in [2.75, 3.05) is 0 Å². The van der Waals surface area contributed by atoms with Crippen molar-refractivity contribution in [1.82, 2.24) is 0 Å². The fourth-order valence-corrected chi connectivity index (χ4v) is 4.43. The second kappa shape index (κ2) is 7.49. The fraction of sp³-hybridized carbons (Fsp3) is 1.00. The van der Waals surface area contributed by atoms with Crippen LogP contribution in [0.15, 0.2) is 0 Å². The van der Waals surface area contributed by atoms with E-state index in [0.717, 1.165) is 18.3 Å². The predicted molar refractivity (Wildman–Crippen MR) is 79.1 cm³/mol. The van der Waals surface area contributed by atoms with Crippen LogP contribution in [0.3, 0.4) is 0 Å². The van der Waals surface area contributed by atoms with Crippen molar-refractivity contribution in [2.24, 2.45) is 0 Å². The summed E-state index contributed by atoms with van der Waals surface area (Å²) in [5.41, 5.74) is 0. The van der Waals surface area contributed by atoms with Crippen LogP contribution in [0.25, 0.3) is 0 Å². The summed E-state index contributed by atoms with van der Waals surface area (Å²) in [5, 5.41) is 0. The zero-order chi connectivity index (χ0) is 11.9. The van der Waals surface area contributed by atoms with Gasteiger partial charge in [0, 0.05) is 0 Å². The Morgan fingerprint density at radius 2 is 1.29 bits per heavy atom. The summed E-state index contributed by atoms with van der Waals surface area (Å²) in [6.45, 7) is 3.45. The molecule has 0 aromatic heterocycles. The van der Waals surface area contributed by atoms with E-state index in [-0.39, 0.29) is 0 Å². The van der Waals surface area contributed by atoms with Gasteiger partial charge >= 0.3 is 0 Å². The Kier molecular flexibility index (Phi) is 5.94. The first-order chi connectivity index (χ1) is 8.42. The maximum Gasteiger partial charge on any atom is 0.146 e. The molecule has 1 heteroatoms. The quantitative estimate of drug-likeness (QED) is 0.377. The monoisotopic (exact) mass is 234 g/mol. The van der Waals surface area contributed by atoms with Gasteiger partial charge in [-0.15, -0.1) is 0 Å². The van der Waals surface area contributed by atoms with Crippen LogP contribution in [0.5, 0.6) is 0 Å². The van der Waals surface area contributed by atoms with E-state index in [4.69, 9.17) is 0 Å². The average molecular weight is 234 g/mol. The average Bonchev–Trinajstić information content (AvgIpc) is 3.02. The fourth-order valence-electron chi connectivity index (χ4n) is 4.43. The maximum atomic E-state index is 2.32. The van der Waals surface area contributed by atoms with Gasteiger partial charge in [0.1, 0.15) is 6.71 Å². The molecule has 98 valence electrons. The first kappa shape index (κ1) is 13.5. The van der Waals surface area contributed by atoms with Crippen LogP contribution >= 0.6 is 0 Å². The van der Waals surface area contributed by atoms with Crippen molar-refractivity contribution >= 4 is 6.71 Å². The zero-order valence-corrected chi connectivity index (χ0v) is 11.9. The first-order valence-electron chi connectivity index (χ1n) is 8.42. The Labute approximate surface area is 109 Å². The van der Waals surface area contributed by atoms with Crippen molar-refractivity contribution in [1.29, 1.82) is 0 Å². The van der Waals surface area contributed by atoms with Gasteiger partial charge in [-0.1, -0.05) is 102 Å². The topological polar surface area (TPSA) is 0 Å². The van der Waals surface area contributed by atoms with E-state index < -0.39 is 0 Å². The zero-order valence-electron chi connectivity index (χ0n) is 11.9. The lowest BCUT2D eigenvalue weighted by molar-refractivity contribution is 0.681. The molecule has 2 rings (SSSR count). The van der Waals surface area contributed by atoms with Gasteiger partial charge in [0.25, 0.3) is 0 Å². The van der Waals surface area contributed by atoms with Crippen molar-refractivity contribution in [2.45, 2.75) is 102 Å². The second-order valence-electron chi connectivity index (χ2n) is 6.60. The molecule has 2 saturated carbocycles. The Hall–Kier alpha value is 0.0649. The van der Waals surface area contributed by atoms with Gasteiger partial charge < -0.3 is 0 Å². The second-order valence-corrected chi connectivity index (χ2v) is 6.60. The molecule has 2 aliphatic rings. The summed E-state index contributed by atoms with van der Waals surface area (Å²) < 4.78 is 0. The van der Waals surface area contributed by atoms with Crippen LogP contribution in [-0.4, -0.2) is 6.71 Å². The molecule has 2 fully saturated rings. The Morgan fingerprint density at radius 3 is 1.76 bits per heavy atom. The molecule has 17 heavy (non-hydrogen) atoms. The third-order valence-electron chi connectivity index (χ3n) is 5.40. The molecule has 0 bridgehead atoms. The minimum atomic E-state index is 1.12. The minimum absolute atomic E-state index is 1.12. The summed E-state index contributed by atoms with van der Waals surface area (Å²) in [6, 6.07) is 0. The van der Waals surface area contributed by atoms with Gasteiger partial charge in [0.2, 0.25) is 0 Å². The van der Waals surface area contributed by atoms with Crippen LogP contribution in [0.1, 0.15) is 84.0 Å². The van der Waals surface area contributed by atoms with Gasteiger partial charge in [-0.3, -0.25) is 0 Å². The number of hydrogen-bond donors (Lipinski definition) is 0. The molecule has 0 saturated heterocycles. The van der Waals surface area contributed by atoms with Crippen LogP contribution in [-0.2, 0) is 0 Å². The van der Waals surface area contributed by atoms with Crippen LogP contribution < -0.4 is 0 Å². The molecule has 0 atom stereocenters. The Morgan fingerprint density at radius 1 is 0.765 bits per heavy atom. The molecule has 0 spiro atoms. The lowest BCUT2D eigenvalue weighted by Crippen LogP contribution is -2.24. The molecule has 0 aromatic carbocycles. The van der Waals surface area contributed by atoms with E-state index in [1.807, 2.05) is 0 Å². The highest BCUT2D eigenvalue weighted by Gasteiger charge is 2.35. The third kappa shape index (κ3) is 4.03. The van der Waals surface area contributed by atoms with E-state index in [2.05, 4.69) is 6.92 Å². The molecular weight excluding hydrogens is 203 g/mol. The van der Waals surface area contributed by atoms with E-state index in [0.29, 0.717) is 0 Å². The van der Waals surface area contributed by atoms with Gasteiger partial charge in [0.15, 0.2) is 0 Å². The molecule has 0 aliphatic heterocycles. The molecule has 0 nitrogen and oxygen atoms in total. The summed E-state index contributed by atoms with van der Waals surface area (Å²) in [6.07, 6.45) is 19.8. The van der Waals surface area contributed by atoms with E-state index in [9.17, 15) is 0 Å². The molecular formula is C16H31B. The number of hydrogen-bond acceptors (Lipinski definition) is 0. The SMILES string of the molecule is CCCCCCB(C1CCCC1)C1CCCC1. The Balaban J connectivity index is 1.78. The summed E-state index contributed by atoms with van der Waals surface area (Å²) in [7, 11) is 0. The Bertz CT molecular complexity index is 174. The molecule has 0 heterocycles. The summed E-state index contributed by atoms with van der Waals surface area (Å²) >= 11 is 0. The van der Waals surface area contributed by atoms with E-state index >= 15 is 0 Å². The highest BCUT2D eigenvalue weighted by Crippen LogP contribution is 2.45. The molecule has 0 radical (unpaired) electrons. The number of unbranched alkanes of at least 4 members (excludes halogenated alkanes) is 3. The lowest BCUT2D eigenvalue weighted by atomic mass is 9.31. The minimum Gasteiger partial charge on any atom is -0.0737 e. The normalized spacial score (nSPS) is 22.4. The summed E-state index contributed by atoms with van der Waals surface area (Å²) in [4.78, 5) is 0. The molecule has 0 unspecified atom stereocenters. The highest BCUT2D eigenvalue weighted by molar-refractivity contribution is 6.62. The highest BCUT2D eigenvalue weighted by atomic mass is 14.2. The van der Waals surface area contributed by atoms with Crippen LogP contribution in [0, 0.1) is 0 Å². The molecule has 2 aliphatic carbocycles. The number of rotatable bonds is 7.